The van der Waals surface area contributed by atoms with Gasteiger partial charge in [-0.1, -0.05) is 130 Å². The van der Waals surface area contributed by atoms with Gasteiger partial charge < -0.3 is 5.11 Å². The molecule has 0 aliphatic rings. The Morgan fingerprint density at radius 2 is 1.14 bits per heavy atom. The summed E-state index contributed by atoms with van der Waals surface area (Å²) in [5.41, 5.74) is 3.81. The van der Waals surface area contributed by atoms with Crippen LogP contribution in [-0.4, -0.2) is 16.6 Å². The molecule has 0 saturated heterocycles. The largest absolute Gasteiger partial charge is 0.507 e. The molecule has 0 bridgehead atoms. The van der Waals surface area contributed by atoms with E-state index in [2.05, 4.69) is 51.6 Å². The Balaban J connectivity index is 2.65. The van der Waals surface area contributed by atoms with Crippen LogP contribution in [0.2, 0.25) is 0 Å². The second-order valence-electron chi connectivity index (χ2n) is 10.5. The van der Waals surface area contributed by atoms with Crippen LogP contribution in [0.15, 0.2) is 12.1 Å². The first-order valence-electron chi connectivity index (χ1n) is 15.1. The third kappa shape index (κ3) is 16.2. The number of rotatable bonds is 24. The molecule has 0 aromatic heterocycles. The molecule has 35 heavy (non-hydrogen) atoms. The third-order valence-electron chi connectivity index (χ3n) is 7.19. The molecule has 0 fully saturated rings. The second-order valence-corrected chi connectivity index (χ2v) is 12.7. The van der Waals surface area contributed by atoms with E-state index in [1.54, 1.807) is 0 Å². The first kappa shape index (κ1) is 32.7. The van der Waals surface area contributed by atoms with E-state index in [1.807, 2.05) is 11.8 Å². The van der Waals surface area contributed by atoms with Gasteiger partial charge >= 0.3 is 0 Å². The normalized spacial score (nSPS) is 12.3. The molecule has 0 spiro atoms. The van der Waals surface area contributed by atoms with Gasteiger partial charge in [-0.3, -0.25) is 0 Å². The quantitative estimate of drug-likeness (QED) is 0.136. The maximum Gasteiger partial charge on any atom is 0.122 e. The monoisotopic (exact) mass is 522 g/mol. The maximum atomic E-state index is 11.2. The molecule has 1 nitrogen and oxygen atoms in total. The van der Waals surface area contributed by atoms with Gasteiger partial charge in [0.2, 0.25) is 0 Å². The van der Waals surface area contributed by atoms with Crippen molar-refractivity contribution in [1.82, 2.24) is 0 Å². The molecule has 1 rings (SSSR count). The first-order valence-corrected chi connectivity index (χ1v) is 17.5. The van der Waals surface area contributed by atoms with Crippen LogP contribution in [0.5, 0.6) is 5.75 Å². The fraction of sp³-hybridized carbons (Fsp3) is 0.812. The van der Waals surface area contributed by atoms with Gasteiger partial charge in [0.25, 0.3) is 0 Å². The van der Waals surface area contributed by atoms with Crippen molar-refractivity contribution in [2.75, 3.05) is 11.5 Å². The number of hydrogen-bond donors (Lipinski definition) is 1. The van der Waals surface area contributed by atoms with Gasteiger partial charge in [0.15, 0.2) is 0 Å². The van der Waals surface area contributed by atoms with E-state index in [0.29, 0.717) is 11.7 Å². The minimum Gasteiger partial charge on any atom is -0.507 e. The van der Waals surface area contributed by atoms with Gasteiger partial charge in [-0.25, -0.2) is 0 Å². The molecule has 0 amide bonds. The number of hydrogen-bond acceptors (Lipinski definition) is 3. The van der Waals surface area contributed by atoms with E-state index in [0.717, 1.165) is 17.9 Å². The molecule has 204 valence electrons. The average molecular weight is 523 g/mol. The van der Waals surface area contributed by atoms with Crippen molar-refractivity contribution in [3.05, 3.63) is 28.8 Å². The van der Waals surface area contributed by atoms with E-state index in [-0.39, 0.29) is 0 Å². The van der Waals surface area contributed by atoms with E-state index in [9.17, 15) is 5.11 Å². The van der Waals surface area contributed by atoms with Crippen LogP contribution in [0.1, 0.15) is 147 Å². The average Bonchev–Trinajstić information content (AvgIpc) is 2.87. The molecule has 0 radical (unpaired) electrons. The lowest BCUT2D eigenvalue weighted by Crippen LogP contribution is -2.05. The minimum atomic E-state index is 0.597. The summed E-state index contributed by atoms with van der Waals surface area (Å²) in [6.45, 7) is 9.17. The molecule has 1 aromatic carbocycles. The van der Waals surface area contributed by atoms with E-state index in [4.69, 9.17) is 0 Å². The Morgan fingerprint density at radius 3 is 1.71 bits per heavy atom. The SMILES string of the molecule is CCCCCCCCSCc1cc(CSCCCCCCCC)c(O)c(CC(CC)CCCC)c1. The fourth-order valence-corrected chi connectivity index (χ4v) is 6.72. The number of benzene rings is 1. The van der Waals surface area contributed by atoms with Crippen molar-refractivity contribution >= 4 is 23.5 Å². The molecule has 0 aliphatic carbocycles. The van der Waals surface area contributed by atoms with Crippen LogP contribution in [0.3, 0.4) is 0 Å². The third-order valence-corrected chi connectivity index (χ3v) is 9.40. The Bertz CT molecular complexity index is 616. The summed E-state index contributed by atoms with van der Waals surface area (Å²) in [7, 11) is 0. The molecule has 1 N–H and O–H groups in total. The maximum absolute atomic E-state index is 11.2. The highest BCUT2D eigenvalue weighted by molar-refractivity contribution is 7.98. The summed E-state index contributed by atoms with van der Waals surface area (Å²) in [5.74, 6) is 5.80. The number of unbranched alkanes of at least 4 members (excludes halogenated alkanes) is 11. The van der Waals surface area contributed by atoms with E-state index < -0.39 is 0 Å². The van der Waals surface area contributed by atoms with Gasteiger partial charge in [-0.05, 0) is 47.8 Å². The molecular formula is C32H58OS2. The lowest BCUT2D eigenvalue weighted by molar-refractivity contribution is 0.424. The smallest absolute Gasteiger partial charge is 0.122 e. The van der Waals surface area contributed by atoms with Gasteiger partial charge in [-0.2, -0.15) is 23.5 Å². The molecule has 1 unspecified atom stereocenters. The van der Waals surface area contributed by atoms with Crippen LogP contribution in [0, 0.1) is 5.92 Å². The van der Waals surface area contributed by atoms with Crippen molar-refractivity contribution in [2.45, 2.75) is 148 Å². The van der Waals surface area contributed by atoms with Crippen LogP contribution in [-0.2, 0) is 17.9 Å². The van der Waals surface area contributed by atoms with Crippen LogP contribution < -0.4 is 0 Å². The van der Waals surface area contributed by atoms with Crippen molar-refractivity contribution < 1.29 is 5.11 Å². The molecule has 1 aromatic rings. The molecule has 0 saturated carbocycles. The fourth-order valence-electron chi connectivity index (χ4n) is 4.78. The Kier molecular flexibility index (Phi) is 21.4. The van der Waals surface area contributed by atoms with Crippen LogP contribution in [0.4, 0.5) is 0 Å². The molecule has 1 atom stereocenters. The van der Waals surface area contributed by atoms with Gasteiger partial charge in [-0.15, -0.1) is 0 Å². The predicted octanol–water partition coefficient (Wildman–Crippen LogP) is 11.3. The Hall–Kier alpha value is -0.280. The second kappa shape index (κ2) is 22.9. The van der Waals surface area contributed by atoms with Gasteiger partial charge in [0.1, 0.15) is 5.75 Å². The van der Waals surface area contributed by atoms with Crippen molar-refractivity contribution in [2.24, 2.45) is 5.92 Å². The van der Waals surface area contributed by atoms with Crippen LogP contribution in [0.25, 0.3) is 0 Å². The summed E-state index contributed by atoms with van der Waals surface area (Å²) >= 11 is 4.10. The highest BCUT2D eigenvalue weighted by Crippen LogP contribution is 2.33. The summed E-state index contributed by atoms with van der Waals surface area (Å²) in [5, 5.41) is 11.2. The molecule has 3 heteroatoms. The van der Waals surface area contributed by atoms with E-state index >= 15 is 0 Å². The topological polar surface area (TPSA) is 20.2 Å². The minimum absolute atomic E-state index is 0.597. The van der Waals surface area contributed by atoms with E-state index in [1.165, 1.54) is 131 Å². The zero-order chi connectivity index (χ0) is 25.6. The summed E-state index contributed by atoms with van der Waals surface area (Å²) in [4.78, 5) is 0. The van der Waals surface area contributed by atoms with Crippen molar-refractivity contribution in [1.29, 1.82) is 0 Å². The lowest BCUT2D eigenvalue weighted by atomic mass is 9.90. The van der Waals surface area contributed by atoms with Gasteiger partial charge in [0, 0.05) is 17.1 Å². The predicted molar refractivity (Wildman–Crippen MR) is 164 cm³/mol. The Labute approximate surface area is 228 Å². The number of phenolic OH excluding ortho intramolecular Hbond substituents is 1. The summed E-state index contributed by atoms with van der Waals surface area (Å²) in [6.07, 6.45) is 22.5. The zero-order valence-electron chi connectivity index (χ0n) is 23.8. The summed E-state index contributed by atoms with van der Waals surface area (Å²) < 4.78 is 0. The number of thioether (sulfide) groups is 2. The highest BCUT2D eigenvalue weighted by atomic mass is 32.2. The number of phenols is 1. The standard InChI is InChI=1S/C32H58OS2/c1-5-9-12-14-16-18-21-34-26-29-24-30(23-28(8-4)20-11-7-3)32(33)31(25-29)27-35-22-19-17-15-13-10-6-2/h24-25,28,33H,5-23,26-27H2,1-4H3. The lowest BCUT2D eigenvalue weighted by Gasteiger charge is -2.18. The molecular weight excluding hydrogens is 464 g/mol. The van der Waals surface area contributed by atoms with Crippen molar-refractivity contribution in [3.63, 3.8) is 0 Å². The van der Waals surface area contributed by atoms with Crippen molar-refractivity contribution in [3.8, 4) is 5.75 Å². The first-order chi connectivity index (χ1) is 17.2. The van der Waals surface area contributed by atoms with Crippen LogP contribution >= 0.6 is 23.5 Å². The zero-order valence-corrected chi connectivity index (χ0v) is 25.5. The molecule has 0 heterocycles. The number of aromatic hydroxyl groups is 1. The molecule has 0 aliphatic heterocycles. The van der Waals surface area contributed by atoms with Gasteiger partial charge in [0.05, 0.1) is 0 Å². The highest BCUT2D eigenvalue weighted by Gasteiger charge is 2.15. The Morgan fingerprint density at radius 1 is 0.629 bits per heavy atom. The summed E-state index contributed by atoms with van der Waals surface area (Å²) in [6, 6.07) is 4.65.